The Labute approximate surface area is 89.5 Å². The van der Waals surface area contributed by atoms with Crippen LogP contribution in [-0.4, -0.2) is 20.9 Å². The zero-order valence-corrected chi connectivity index (χ0v) is 8.63. The molecule has 4 nitrogen and oxygen atoms in total. The summed E-state index contributed by atoms with van der Waals surface area (Å²) in [5.74, 6) is -1.05. The van der Waals surface area contributed by atoms with Gasteiger partial charge >= 0.3 is 11.4 Å². The largest absolute Gasteiger partial charge is 0.481 e. The standard InChI is InChI=1S/C8H9ClF2N2O2/c1-13-4-5(2-3-6(14)15)7(12-13)8(9,10)11/h4H,2-3H2,1H3,(H,14,15). The van der Waals surface area contributed by atoms with Gasteiger partial charge in [-0.1, -0.05) is 0 Å². The molecule has 0 fully saturated rings. The van der Waals surface area contributed by atoms with Gasteiger partial charge in [-0.15, -0.1) is 0 Å². The summed E-state index contributed by atoms with van der Waals surface area (Å²) >= 11 is 4.84. The highest BCUT2D eigenvalue weighted by Crippen LogP contribution is 2.33. The smallest absolute Gasteiger partial charge is 0.366 e. The number of hydrogen-bond acceptors (Lipinski definition) is 2. The van der Waals surface area contributed by atoms with E-state index >= 15 is 0 Å². The Morgan fingerprint density at radius 3 is 2.80 bits per heavy atom. The Balaban J connectivity index is 2.91. The summed E-state index contributed by atoms with van der Waals surface area (Å²) in [5, 5.41) is 8.37. The Morgan fingerprint density at radius 2 is 2.33 bits per heavy atom. The fourth-order valence-electron chi connectivity index (χ4n) is 1.20. The average molecular weight is 239 g/mol. The summed E-state index contributed by atoms with van der Waals surface area (Å²) in [7, 11) is 1.47. The molecule has 0 spiro atoms. The second kappa shape index (κ2) is 4.14. The van der Waals surface area contributed by atoms with E-state index in [1.165, 1.54) is 17.9 Å². The van der Waals surface area contributed by atoms with Crippen LogP contribution >= 0.6 is 11.6 Å². The maximum absolute atomic E-state index is 12.8. The zero-order chi connectivity index (χ0) is 11.6. The summed E-state index contributed by atoms with van der Waals surface area (Å²) in [5.41, 5.74) is -0.423. The van der Waals surface area contributed by atoms with E-state index in [0.717, 1.165) is 0 Å². The first-order valence-electron chi connectivity index (χ1n) is 4.12. The van der Waals surface area contributed by atoms with E-state index in [-0.39, 0.29) is 18.4 Å². The second-order valence-corrected chi connectivity index (χ2v) is 3.54. The van der Waals surface area contributed by atoms with Crippen LogP contribution in [0.25, 0.3) is 0 Å². The van der Waals surface area contributed by atoms with Crippen molar-refractivity contribution in [3.05, 3.63) is 17.5 Å². The van der Waals surface area contributed by atoms with Crippen LogP contribution in [0.5, 0.6) is 0 Å². The molecule has 7 heteroatoms. The van der Waals surface area contributed by atoms with Crippen LogP contribution in [0.1, 0.15) is 17.7 Å². The number of aliphatic carboxylic acids is 1. The van der Waals surface area contributed by atoms with Crippen molar-refractivity contribution in [1.82, 2.24) is 9.78 Å². The Bertz CT molecular complexity index is 373. The minimum Gasteiger partial charge on any atom is -0.481 e. The molecule has 84 valence electrons. The number of carboxylic acid groups (broad SMARTS) is 1. The third-order valence-electron chi connectivity index (χ3n) is 1.78. The molecule has 0 saturated carbocycles. The van der Waals surface area contributed by atoms with Crippen molar-refractivity contribution in [3.8, 4) is 0 Å². The fourth-order valence-corrected chi connectivity index (χ4v) is 1.36. The third-order valence-corrected chi connectivity index (χ3v) is 1.96. The molecule has 0 aliphatic heterocycles. The number of carboxylic acids is 1. The first-order chi connectivity index (χ1) is 6.80. The number of aromatic nitrogens is 2. The quantitative estimate of drug-likeness (QED) is 0.813. The van der Waals surface area contributed by atoms with Gasteiger partial charge in [0.25, 0.3) is 0 Å². The van der Waals surface area contributed by atoms with Crippen molar-refractivity contribution in [2.24, 2.45) is 7.05 Å². The van der Waals surface area contributed by atoms with Crippen molar-refractivity contribution in [2.45, 2.75) is 18.2 Å². The monoisotopic (exact) mass is 238 g/mol. The first-order valence-corrected chi connectivity index (χ1v) is 4.50. The Morgan fingerprint density at radius 1 is 1.73 bits per heavy atom. The van der Waals surface area contributed by atoms with E-state index in [1.54, 1.807) is 0 Å². The molecule has 1 heterocycles. The topological polar surface area (TPSA) is 55.1 Å². The van der Waals surface area contributed by atoms with Gasteiger partial charge in [-0.2, -0.15) is 13.9 Å². The first kappa shape index (κ1) is 11.9. The second-order valence-electron chi connectivity index (χ2n) is 3.07. The van der Waals surface area contributed by atoms with Gasteiger partial charge in [-0.3, -0.25) is 9.48 Å². The number of rotatable bonds is 4. The SMILES string of the molecule is Cn1cc(CCC(=O)O)c(C(F)(F)Cl)n1. The average Bonchev–Trinajstić information content (AvgIpc) is 2.42. The van der Waals surface area contributed by atoms with E-state index in [0.29, 0.717) is 0 Å². The molecule has 0 aromatic carbocycles. The molecule has 15 heavy (non-hydrogen) atoms. The van der Waals surface area contributed by atoms with Crippen LogP contribution in [0.15, 0.2) is 6.20 Å². The summed E-state index contributed by atoms with van der Waals surface area (Å²) in [4.78, 5) is 10.3. The van der Waals surface area contributed by atoms with Gasteiger partial charge in [0.2, 0.25) is 0 Å². The summed E-state index contributed by atoms with van der Waals surface area (Å²) < 4.78 is 26.8. The van der Waals surface area contributed by atoms with Crippen LogP contribution in [-0.2, 0) is 23.6 Å². The summed E-state index contributed by atoms with van der Waals surface area (Å²) in [6.07, 6.45) is 1.10. The minimum absolute atomic E-state index is 0.0131. The molecule has 1 aromatic heterocycles. The van der Waals surface area contributed by atoms with Crippen molar-refractivity contribution in [3.63, 3.8) is 0 Å². The maximum atomic E-state index is 12.8. The highest BCUT2D eigenvalue weighted by atomic mass is 35.5. The normalized spacial score (nSPS) is 11.7. The van der Waals surface area contributed by atoms with Crippen molar-refractivity contribution < 1.29 is 18.7 Å². The van der Waals surface area contributed by atoms with Crippen molar-refractivity contribution in [2.75, 3.05) is 0 Å². The lowest BCUT2D eigenvalue weighted by Gasteiger charge is -2.05. The van der Waals surface area contributed by atoms with E-state index in [2.05, 4.69) is 5.10 Å². The third kappa shape index (κ3) is 3.16. The van der Waals surface area contributed by atoms with Crippen LogP contribution in [0.3, 0.4) is 0 Å². The van der Waals surface area contributed by atoms with Gasteiger partial charge < -0.3 is 5.11 Å². The van der Waals surface area contributed by atoms with Crippen LogP contribution in [0, 0.1) is 0 Å². The number of hydrogen-bond donors (Lipinski definition) is 1. The van der Waals surface area contributed by atoms with E-state index in [1.807, 2.05) is 0 Å². The van der Waals surface area contributed by atoms with Gasteiger partial charge in [-0.25, -0.2) is 0 Å². The molecular weight excluding hydrogens is 230 g/mol. The molecule has 0 radical (unpaired) electrons. The molecule has 0 bridgehead atoms. The van der Waals surface area contributed by atoms with Crippen LogP contribution < -0.4 is 0 Å². The molecule has 0 atom stereocenters. The van der Waals surface area contributed by atoms with Gasteiger partial charge in [0.1, 0.15) is 0 Å². The predicted octanol–water partition coefficient (Wildman–Crippen LogP) is 1.73. The molecule has 1 aromatic rings. The molecule has 1 rings (SSSR count). The molecule has 0 saturated heterocycles. The van der Waals surface area contributed by atoms with E-state index in [9.17, 15) is 13.6 Å². The number of halogens is 3. The Hall–Kier alpha value is -1.17. The van der Waals surface area contributed by atoms with Crippen LogP contribution in [0.4, 0.5) is 8.78 Å². The van der Waals surface area contributed by atoms with Crippen LogP contribution in [0.2, 0.25) is 0 Å². The lowest BCUT2D eigenvalue weighted by molar-refractivity contribution is -0.136. The Kier molecular flexibility index (Phi) is 3.28. The van der Waals surface area contributed by atoms with E-state index in [4.69, 9.17) is 16.7 Å². The van der Waals surface area contributed by atoms with Gasteiger partial charge in [0.05, 0.1) is 0 Å². The fraction of sp³-hybridized carbons (Fsp3) is 0.500. The zero-order valence-electron chi connectivity index (χ0n) is 7.88. The molecule has 0 aliphatic rings. The summed E-state index contributed by atoms with van der Waals surface area (Å²) in [6, 6.07) is 0. The molecule has 1 N–H and O–H groups in total. The van der Waals surface area contributed by atoms with Gasteiger partial charge in [0, 0.05) is 25.2 Å². The number of nitrogens with zero attached hydrogens (tertiary/aromatic N) is 2. The van der Waals surface area contributed by atoms with Crippen molar-refractivity contribution in [1.29, 1.82) is 0 Å². The lowest BCUT2D eigenvalue weighted by Crippen LogP contribution is -2.09. The lowest BCUT2D eigenvalue weighted by atomic mass is 10.1. The highest BCUT2D eigenvalue weighted by Gasteiger charge is 2.34. The number of carbonyl (C=O) groups is 1. The molecule has 0 unspecified atom stereocenters. The molecule has 0 aliphatic carbocycles. The van der Waals surface area contributed by atoms with Gasteiger partial charge in [-0.05, 0) is 18.0 Å². The van der Waals surface area contributed by atoms with Crippen molar-refractivity contribution >= 4 is 17.6 Å². The number of alkyl halides is 3. The highest BCUT2D eigenvalue weighted by molar-refractivity contribution is 6.21. The number of aryl methyl sites for hydroxylation is 2. The summed E-state index contributed by atoms with van der Waals surface area (Å²) in [6.45, 7) is 0. The van der Waals surface area contributed by atoms with E-state index < -0.39 is 17.0 Å². The van der Waals surface area contributed by atoms with Gasteiger partial charge in [0.15, 0.2) is 5.69 Å². The minimum atomic E-state index is -3.56. The molecule has 0 amide bonds. The predicted molar refractivity (Wildman–Crippen MR) is 48.9 cm³/mol. The molecular formula is C8H9ClF2N2O2. The maximum Gasteiger partial charge on any atom is 0.366 e.